The fraction of sp³-hybridized carbons (Fsp3) is 0.420. The fourth-order valence-corrected chi connectivity index (χ4v) is 21.0. The molecule has 0 heterocycles. The summed E-state index contributed by atoms with van der Waals surface area (Å²) in [6.45, 7) is 16.6. The number of halogens is 2. The van der Waals surface area contributed by atoms with E-state index in [1.165, 1.54) is 65.5 Å². The molecule has 1 atom stereocenters. The van der Waals surface area contributed by atoms with Crippen molar-refractivity contribution < 1.29 is 46.1 Å². The summed E-state index contributed by atoms with van der Waals surface area (Å²) in [6, 6.07) is 38.6. The molecule has 3 heteroatoms. The monoisotopic (exact) mass is 816 g/mol. The normalized spacial score (nSPS) is 25.3. The van der Waals surface area contributed by atoms with Crippen molar-refractivity contribution in [3.63, 3.8) is 0 Å². The molecule has 4 aromatic rings. The van der Waals surface area contributed by atoms with Crippen molar-refractivity contribution in [2.75, 3.05) is 0 Å². The van der Waals surface area contributed by atoms with Crippen molar-refractivity contribution in [2.24, 2.45) is 35.5 Å². The van der Waals surface area contributed by atoms with Gasteiger partial charge in [-0.15, -0.1) is 0 Å². The molecule has 0 aromatic heterocycles. The molecule has 0 spiro atoms. The van der Waals surface area contributed by atoms with E-state index in [-0.39, 0.29) is 35.6 Å². The van der Waals surface area contributed by atoms with Crippen molar-refractivity contribution in [3.8, 4) is 11.1 Å². The molecule has 0 saturated heterocycles. The maximum absolute atomic E-state index is 2.86. The van der Waals surface area contributed by atoms with Crippen LogP contribution in [0.15, 0.2) is 118 Å². The van der Waals surface area contributed by atoms with Crippen LogP contribution in [-0.4, -0.2) is 3.21 Å². The summed E-state index contributed by atoms with van der Waals surface area (Å²) in [5, 5.41) is 0. The quantitative estimate of drug-likeness (QED) is 0.209. The van der Waals surface area contributed by atoms with E-state index in [9.17, 15) is 0 Å². The van der Waals surface area contributed by atoms with Crippen molar-refractivity contribution in [3.05, 3.63) is 151 Å². The van der Waals surface area contributed by atoms with Crippen LogP contribution in [0.2, 0.25) is 0 Å². The zero-order valence-corrected chi connectivity index (χ0v) is 36.7. The molecule has 4 bridgehead atoms. The van der Waals surface area contributed by atoms with Crippen LogP contribution in [0, 0.1) is 35.5 Å². The van der Waals surface area contributed by atoms with Gasteiger partial charge in [0.05, 0.1) is 0 Å². The van der Waals surface area contributed by atoms with E-state index >= 15 is 0 Å². The van der Waals surface area contributed by atoms with E-state index < -0.39 is 21.3 Å². The smallest absolute Gasteiger partial charge is 1.00 e. The molecule has 274 valence electrons. The van der Waals surface area contributed by atoms with Gasteiger partial charge in [0.25, 0.3) is 0 Å². The molecule has 10 rings (SSSR count). The maximum atomic E-state index is 2.85. The Morgan fingerprint density at radius 2 is 1.00 bits per heavy atom. The Morgan fingerprint density at radius 1 is 0.566 bits per heavy atom. The van der Waals surface area contributed by atoms with Gasteiger partial charge in [0, 0.05) is 0 Å². The van der Waals surface area contributed by atoms with Gasteiger partial charge in [0.1, 0.15) is 0 Å². The van der Waals surface area contributed by atoms with Crippen LogP contribution >= 0.6 is 0 Å². The Labute approximate surface area is 340 Å². The van der Waals surface area contributed by atoms with Gasteiger partial charge in [0.2, 0.25) is 0 Å². The molecule has 0 amide bonds. The van der Waals surface area contributed by atoms with Gasteiger partial charge in [-0.2, -0.15) is 0 Å². The Bertz CT molecular complexity index is 1950. The third-order valence-electron chi connectivity index (χ3n) is 13.6. The number of fused-ring (bicyclic) bond motifs is 3. The van der Waals surface area contributed by atoms with Crippen LogP contribution in [0.3, 0.4) is 0 Å². The summed E-state index contributed by atoms with van der Waals surface area (Å²) in [7, 11) is 0. The minimum absolute atomic E-state index is 0. The zero-order valence-electron chi connectivity index (χ0n) is 32.7. The van der Waals surface area contributed by atoms with E-state index in [1.807, 2.05) is 3.28 Å². The summed E-state index contributed by atoms with van der Waals surface area (Å²) < 4.78 is 3.93. The van der Waals surface area contributed by atoms with Gasteiger partial charge >= 0.3 is 318 Å². The molecule has 6 aliphatic carbocycles. The molecule has 53 heavy (non-hydrogen) atoms. The fourth-order valence-electron chi connectivity index (χ4n) is 11.4. The summed E-state index contributed by atoms with van der Waals surface area (Å²) in [4.78, 5) is 0. The number of hydrogen-bond donors (Lipinski definition) is 0. The van der Waals surface area contributed by atoms with Crippen LogP contribution < -0.4 is 24.8 Å². The summed E-state index contributed by atoms with van der Waals surface area (Å²) >= 11 is -2.86. The first kappa shape index (κ1) is 38.9. The largest absolute Gasteiger partial charge is 1.00 e. The average molecular weight is 819 g/mol. The Morgan fingerprint density at radius 3 is 1.43 bits per heavy atom. The molecule has 0 aliphatic heterocycles. The van der Waals surface area contributed by atoms with E-state index in [0.717, 1.165) is 29.6 Å². The van der Waals surface area contributed by atoms with Crippen molar-refractivity contribution in [1.82, 2.24) is 0 Å². The van der Waals surface area contributed by atoms with Crippen LogP contribution in [-0.2, 0) is 32.1 Å². The second kappa shape index (κ2) is 14.6. The molecule has 4 aromatic carbocycles. The SMILES string of the molecule is CC1C=C(C2C3CC4CC(C3)CC2C4)C=[C]1[Zr+2](=[C](c1ccc(C(C)(C)C)cc1)c1ccc(C(C)(C)C)cc1)[CH]1c2ccccc2-c2ccccc21.[Cl-].[Cl-]. The van der Waals surface area contributed by atoms with E-state index in [4.69, 9.17) is 0 Å². The molecule has 0 radical (unpaired) electrons. The topological polar surface area (TPSA) is 0 Å². The van der Waals surface area contributed by atoms with E-state index in [2.05, 4.69) is 158 Å². The second-order valence-corrected chi connectivity index (χ2v) is 25.2. The average Bonchev–Trinajstić information content (AvgIpc) is 3.63. The number of hydrogen-bond acceptors (Lipinski definition) is 0. The predicted octanol–water partition coefficient (Wildman–Crippen LogP) is 6.78. The first-order valence-corrected chi connectivity index (χ1v) is 23.9. The van der Waals surface area contributed by atoms with E-state index in [0.29, 0.717) is 9.54 Å². The van der Waals surface area contributed by atoms with Crippen molar-refractivity contribution in [2.45, 2.75) is 95.0 Å². The maximum Gasteiger partial charge on any atom is -1.00 e. The third kappa shape index (κ3) is 6.93. The van der Waals surface area contributed by atoms with E-state index in [1.54, 1.807) is 19.9 Å². The van der Waals surface area contributed by atoms with Crippen LogP contribution in [0.4, 0.5) is 0 Å². The molecule has 4 saturated carbocycles. The number of allylic oxidation sites excluding steroid dienone is 4. The third-order valence-corrected chi connectivity index (χ3v) is 22.3. The van der Waals surface area contributed by atoms with Gasteiger partial charge in [0.15, 0.2) is 0 Å². The molecule has 4 fully saturated rings. The number of rotatable bonds is 5. The van der Waals surface area contributed by atoms with Crippen molar-refractivity contribution >= 4 is 3.21 Å². The molecule has 0 N–H and O–H groups in total. The van der Waals surface area contributed by atoms with Gasteiger partial charge in [-0.25, -0.2) is 0 Å². The number of benzene rings is 4. The van der Waals surface area contributed by atoms with Gasteiger partial charge < -0.3 is 24.8 Å². The standard InChI is InChI=1S/C21H26.C16H21.C13H9.2ClH.Zr/c1-20(2,3)18-11-7-16(8-12-18)15-17-9-13-19(14-10-17)21(4,5)6;1-10-2-3-13(4-10)16-14-6-11-5-12(8-14)9-15(16)7-11;1-3-7-12-10(5-1)9-11-6-2-4-8-13(11)12;;;/h7-14H,1-6H3;3-4,10-12,14-16H,5-9H2,1H3;1-9H;2*1H;/q;;;;;+2/p-2. The minimum atomic E-state index is -2.86. The zero-order chi connectivity index (χ0) is 35.2. The van der Waals surface area contributed by atoms with Gasteiger partial charge in [-0.3, -0.25) is 0 Å². The molecule has 1 unspecified atom stereocenters. The predicted molar refractivity (Wildman–Crippen MR) is 213 cm³/mol. The van der Waals surface area contributed by atoms with Gasteiger partial charge in [-0.05, 0) is 0 Å². The molecule has 6 aliphatic rings. The van der Waals surface area contributed by atoms with Crippen LogP contribution in [0.1, 0.15) is 118 Å². The molecule has 0 nitrogen and oxygen atoms in total. The Hall–Kier alpha value is -2.31. The summed E-state index contributed by atoms with van der Waals surface area (Å²) in [5.41, 5.74) is 13.7. The molecular formula is C50H56Cl2Zr. The minimum Gasteiger partial charge on any atom is -1.00 e. The Kier molecular flexibility index (Phi) is 10.8. The molecular weight excluding hydrogens is 763 g/mol. The first-order chi connectivity index (χ1) is 24.4. The van der Waals surface area contributed by atoms with Crippen molar-refractivity contribution in [1.29, 1.82) is 0 Å². The second-order valence-electron chi connectivity index (χ2n) is 19.1. The summed E-state index contributed by atoms with van der Waals surface area (Å²) in [6.07, 6.45) is 13.1. The first-order valence-electron chi connectivity index (χ1n) is 20.0. The van der Waals surface area contributed by atoms with Crippen LogP contribution in [0.5, 0.6) is 0 Å². The Balaban J connectivity index is 0.00000218. The van der Waals surface area contributed by atoms with Crippen LogP contribution in [0.25, 0.3) is 11.1 Å². The van der Waals surface area contributed by atoms with Gasteiger partial charge in [-0.1, -0.05) is 0 Å². The summed E-state index contributed by atoms with van der Waals surface area (Å²) in [5.74, 6) is 5.12.